The van der Waals surface area contributed by atoms with Gasteiger partial charge in [-0.1, -0.05) is 33.8 Å². The molecular weight excluding hydrogens is 428 g/mol. The van der Waals surface area contributed by atoms with E-state index in [1.807, 2.05) is 32.9 Å². The Bertz CT molecular complexity index is 1050. The molecule has 0 aliphatic carbocycles. The second-order valence-corrected chi connectivity index (χ2v) is 9.63. The fraction of sp³-hybridized carbons (Fsp3) is 0.391. The van der Waals surface area contributed by atoms with E-state index in [-0.39, 0.29) is 29.2 Å². The summed E-state index contributed by atoms with van der Waals surface area (Å²) in [6, 6.07) is 11.6. The number of carbonyl (C=O) groups is 2. The summed E-state index contributed by atoms with van der Waals surface area (Å²) in [5.41, 5.74) is 2.83. The number of benzene rings is 2. The number of sulfonamides is 1. The molecule has 0 aliphatic rings. The maximum atomic E-state index is 12.6. The summed E-state index contributed by atoms with van der Waals surface area (Å²) in [6.07, 6.45) is 0. The van der Waals surface area contributed by atoms with Gasteiger partial charge in [0, 0.05) is 36.1 Å². The van der Waals surface area contributed by atoms with E-state index in [1.54, 1.807) is 32.0 Å². The van der Waals surface area contributed by atoms with Gasteiger partial charge in [0.15, 0.2) is 0 Å². The monoisotopic (exact) mass is 460 g/mol. The zero-order valence-electron chi connectivity index (χ0n) is 19.2. The lowest BCUT2D eigenvalue weighted by molar-refractivity contribution is -0.119. The first-order valence-corrected chi connectivity index (χ1v) is 12.1. The van der Waals surface area contributed by atoms with Gasteiger partial charge in [-0.3, -0.25) is 9.59 Å². The molecule has 0 aliphatic heterocycles. The number of aryl methyl sites for hydroxylation is 1. The molecule has 0 aromatic heterocycles. The number of rotatable bonds is 10. The number of amides is 2. The van der Waals surface area contributed by atoms with Gasteiger partial charge in [-0.25, -0.2) is 8.42 Å². The van der Waals surface area contributed by atoms with E-state index in [4.69, 9.17) is 0 Å². The average Bonchev–Trinajstić information content (AvgIpc) is 2.75. The molecule has 2 amide bonds. The third kappa shape index (κ3) is 6.54. The fourth-order valence-corrected chi connectivity index (χ4v) is 4.44. The highest BCUT2D eigenvalue weighted by molar-refractivity contribution is 7.89. The van der Waals surface area contributed by atoms with E-state index in [0.717, 1.165) is 11.3 Å². The van der Waals surface area contributed by atoms with Crippen LogP contribution in [0.15, 0.2) is 47.4 Å². The van der Waals surface area contributed by atoms with Gasteiger partial charge < -0.3 is 16.0 Å². The Hall–Kier alpha value is -2.91. The van der Waals surface area contributed by atoms with Gasteiger partial charge in [-0.15, -0.1) is 0 Å². The molecule has 0 fully saturated rings. The van der Waals surface area contributed by atoms with Gasteiger partial charge in [0.25, 0.3) is 0 Å². The molecule has 0 unspecified atom stereocenters. The van der Waals surface area contributed by atoms with E-state index >= 15 is 0 Å². The molecule has 32 heavy (non-hydrogen) atoms. The zero-order valence-corrected chi connectivity index (χ0v) is 20.0. The molecule has 0 bridgehead atoms. The predicted molar refractivity (Wildman–Crippen MR) is 128 cm³/mol. The van der Waals surface area contributed by atoms with Crippen molar-refractivity contribution in [2.75, 3.05) is 35.6 Å². The molecule has 2 aromatic carbocycles. The van der Waals surface area contributed by atoms with Gasteiger partial charge in [-0.05, 0) is 48.9 Å². The van der Waals surface area contributed by atoms with Crippen LogP contribution in [-0.4, -0.2) is 44.2 Å². The smallest absolute Gasteiger partial charge is 0.243 e. The SMILES string of the molecule is CCN(CC)S(=O)(=O)c1ccc(NC(=O)CNc2cc(NC(=O)C(C)C)ccc2C)cc1. The Morgan fingerprint density at radius 2 is 1.53 bits per heavy atom. The van der Waals surface area contributed by atoms with Crippen molar-refractivity contribution in [2.45, 2.75) is 39.5 Å². The minimum absolute atomic E-state index is 0.0158. The predicted octanol–water partition coefficient (Wildman–Crippen LogP) is 3.67. The standard InChI is InChI=1S/C23H32N4O4S/c1-6-27(7-2)32(30,31)20-12-10-18(11-13-20)25-22(28)15-24-21-14-19(9-8-17(21)5)26-23(29)16(3)4/h8-14,16,24H,6-7,15H2,1-5H3,(H,25,28)(H,26,29). The number of nitrogens with zero attached hydrogens (tertiary/aromatic N) is 1. The largest absolute Gasteiger partial charge is 0.376 e. The molecule has 174 valence electrons. The Balaban J connectivity index is 1.99. The van der Waals surface area contributed by atoms with Gasteiger partial charge in [-0.2, -0.15) is 4.31 Å². The Morgan fingerprint density at radius 3 is 2.09 bits per heavy atom. The lowest BCUT2D eigenvalue weighted by Gasteiger charge is -2.18. The maximum Gasteiger partial charge on any atom is 0.243 e. The Kier molecular flexibility index (Phi) is 8.80. The van der Waals surface area contributed by atoms with Crippen LogP contribution in [0.2, 0.25) is 0 Å². The van der Waals surface area contributed by atoms with Crippen molar-refractivity contribution in [3.63, 3.8) is 0 Å². The first-order chi connectivity index (χ1) is 15.1. The number of carbonyl (C=O) groups excluding carboxylic acids is 2. The van der Waals surface area contributed by atoms with Gasteiger partial charge in [0.1, 0.15) is 0 Å². The highest BCUT2D eigenvalue weighted by atomic mass is 32.2. The molecule has 9 heteroatoms. The van der Waals surface area contributed by atoms with E-state index in [9.17, 15) is 18.0 Å². The van der Waals surface area contributed by atoms with Crippen LogP contribution in [0.5, 0.6) is 0 Å². The van der Waals surface area contributed by atoms with Crippen LogP contribution in [-0.2, 0) is 19.6 Å². The molecule has 0 radical (unpaired) electrons. The van der Waals surface area contributed by atoms with Crippen molar-refractivity contribution in [2.24, 2.45) is 5.92 Å². The third-order valence-electron chi connectivity index (χ3n) is 4.95. The molecule has 2 aromatic rings. The lowest BCUT2D eigenvalue weighted by atomic mass is 10.1. The fourth-order valence-electron chi connectivity index (χ4n) is 2.98. The van der Waals surface area contributed by atoms with Gasteiger partial charge in [0.05, 0.1) is 11.4 Å². The molecule has 2 rings (SSSR count). The Labute approximate surface area is 190 Å². The molecule has 3 N–H and O–H groups in total. The highest BCUT2D eigenvalue weighted by Crippen LogP contribution is 2.21. The van der Waals surface area contributed by atoms with Crippen LogP contribution < -0.4 is 16.0 Å². The summed E-state index contributed by atoms with van der Waals surface area (Å²) in [5, 5.41) is 8.66. The summed E-state index contributed by atoms with van der Waals surface area (Å²) < 4.78 is 26.5. The molecule has 8 nitrogen and oxygen atoms in total. The quantitative estimate of drug-likeness (QED) is 0.501. The molecule has 0 atom stereocenters. The van der Waals surface area contributed by atoms with E-state index in [1.165, 1.54) is 16.4 Å². The lowest BCUT2D eigenvalue weighted by Crippen LogP contribution is -2.30. The zero-order chi connectivity index (χ0) is 23.9. The second kappa shape index (κ2) is 11.1. The number of anilines is 3. The van der Waals surface area contributed by atoms with Crippen molar-refractivity contribution in [1.29, 1.82) is 0 Å². The molecule has 0 saturated heterocycles. The van der Waals surface area contributed by atoms with Crippen molar-refractivity contribution < 1.29 is 18.0 Å². The summed E-state index contributed by atoms with van der Waals surface area (Å²) in [7, 11) is -3.54. The normalized spacial score (nSPS) is 11.5. The van der Waals surface area contributed by atoms with E-state index < -0.39 is 10.0 Å². The third-order valence-corrected chi connectivity index (χ3v) is 7.01. The molecule has 0 spiro atoms. The van der Waals surface area contributed by atoms with E-state index in [0.29, 0.717) is 24.5 Å². The van der Waals surface area contributed by atoms with Gasteiger partial charge in [0.2, 0.25) is 21.8 Å². The van der Waals surface area contributed by atoms with Crippen LogP contribution >= 0.6 is 0 Å². The minimum atomic E-state index is -3.54. The first kappa shape index (κ1) is 25.4. The molecule has 0 heterocycles. The van der Waals surface area contributed by atoms with Crippen molar-refractivity contribution in [3.8, 4) is 0 Å². The average molecular weight is 461 g/mol. The summed E-state index contributed by atoms with van der Waals surface area (Å²) >= 11 is 0. The maximum absolute atomic E-state index is 12.6. The van der Waals surface area contributed by atoms with Crippen LogP contribution in [0.1, 0.15) is 33.3 Å². The first-order valence-electron chi connectivity index (χ1n) is 10.6. The second-order valence-electron chi connectivity index (χ2n) is 7.69. The van der Waals surface area contributed by atoms with E-state index in [2.05, 4.69) is 16.0 Å². The number of hydrogen-bond donors (Lipinski definition) is 3. The number of hydrogen-bond acceptors (Lipinski definition) is 5. The minimum Gasteiger partial charge on any atom is -0.376 e. The van der Waals surface area contributed by atoms with Crippen molar-refractivity contribution >= 4 is 38.9 Å². The topological polar surface area (TPSA) is 108 Å². The van der Waals surface area contributed by atoms with Crippen LogP contribution in [0.4, 0.5) is 17.1 Å². The summed E-state index contributed by atoms with van der Waals surface area (Å²) in [6.45, 7) is 9.93. The molecule has 0 saturated carbocycles. The summed E-state index contributed by atoms with van der Waals surface area (Å²) in [4.78, 5) is 24.4. The molecular formula is C23H32N4O4S. The number of nitrogens with one attached hydrogen (secondary N) is 3. The van der Waals surface area contributed by atoms with Crippen molar-refractivity contribution in [1.82, 2.24) is 4.31 Å². The van der Waals surface area contributed by atoms with Crippen LogP contribution in [0, 0.1) is 12.8 Å². The Morgan fingerprint density at radius 1 is 0.938 bits per heavy atom. The van der Waals surface area contributed by atoms with Gasteiger partial charge >= 0.3 is 0 Å². The van der Waals surface area contributed by atoms with Crippen LogP contribution in [0.3, 0.4) is 0 Å². The van der Waals surface area contributed by atoms with Crippen molar-refractivity contribution in [3.05, 3.63) is 48.0 Å². The highest BCUT2D eigenvalue weighted by Gasteiger charge is 2.21. The van der Waals surface area contributed by atoms with Crippen LogP contribution in [0.25, 0.3) is 0 Å². The summed E-state index contributed by atoms with van der Waals surface area (Å²) in [5.74, 6) is -0.490.